The molecule has 4 aromatic heterocycles. The number of hydrogen-bond donors (Lipinski definition) is 4. The SMILES string of the molecule is CC#CC1=c2[nH]c(c(Br)c2Br)=C(c2cc(OC)c(OC)c(OC)c2)c2[nH]c(c(Br)c2Br)C(C#CC)=c2[nH]c(c(Br)c2Br)=C(c2cc(OC)c(OC)c(OC)c2)c2[nH]c1c(Br)c2Br. The summed E-state index contributed by atoms with van der Waals surface area (Å²) in [6, 6.07) is 7.61. The van der Waals surface area contributed by atoms with Gasteiger partial charge < -0.3 is 48.4 Å². The summed E-state index contributed by atoms with van der Waals surface area (Å²) in [5.74, 6) is 15.9. The second-order valence-corrected chi connectivity index (χ2v) is 19.4. The van der Waals surface area contributed by atoms with Crippen molar-refractivity contribution in [1.29, 1.82) is 0 Å². The van der Waals surface area contributed by atoms with Crippen LogP contribution in [0.15, 0.2) is 60.0 Å². The van der Waals surface area contributed by atoms with Crippen molar-refractivity contribution in [1.82, 2.24) is 19.9 Å². The highest BCUT2D eigenvalue weighted by Gasteiger charge is 2.29. The van der Waals surface area contributed by atoms with E-state index in [4.69, 9.17) is 28.4 Å². The number of methoxy groups -OCH3 is 6. The van der Waals surface area contributed by atoms with Crippen LogP contribution in [-0.4, -0.2) is 62.6 Å². The van der Waals surface area contributed by atoms with E-state index in [2.05, 4.69) is 171 Å². The maximum Gasteiger partial charge on any atom is 0.203 e. The van der Waals surface area contributed by atoms with Gasteiger partial charge in [-0.3, -0.25) is 0 Å². The summed E-state index contributed by atoms with van der Waals surface area (Å²) < 4.78 is 40.7. The van der Waals surface area contributed by atoms with Crippen LogP contribution in [0.1, 0.15) is 47.8 Å². The third-order valence-corrected chi connectivity index (χ3v) is 18.4. The maximum atomic E-state index is 5.87. The molecule has 4 N–H and O–H groups in total. The Morgan fingerprint density at radius 1 is 0.371 bits per heavy atom. The van der Waals surface area contributed by atoms with Crippen molar-refractivity contribution in [3.8, 4) is 58.2 Å². The van der Waals surface area contributed by atoms with E-state index in [0.717, 1.165) is 58.1 Å². The first kappa shape index (κ1) is 46.8. The zero-order valence-corrected chi connectivity index (χ0v) is 46.5. The van der Waals surface area contributed by atoms with E-state index in [1.165, 1.54) is 0 Å². The van der Waals surface area contributed by atoms with Crippen molar-refractivity contribution in [3.05, 3.63) is 115 Å². The van der Waals surface area contributed by atoms with Crippen LogP contribution in [0.5, 0.6) is 34.5 Å². The van der Waals surface area contributed by atoms with Gasteiger partial charge in [0.2, 0.25) is 11.5 Å². The van der Waals surface area contributed by atoms with Crippen LogP contribution in [-0.2, 0) is 0 Å². The second-order valence-electron chi connectivity index (χ2n) is 13.1. The third kappa shape index (κ3) is 7.78. The molecule has 0 spiro atoms. The summed E-state index contributed by atoms with van der Waals surface area (Å²) in [6.07, 6.45) is 0. The van der Waals surface area contributed by atoms with Gasteiger partial charge in [0.15, 0.2) is 23.0 Å². The summed E-state index contributed by atoms with van der Waals surface area (Å²) in [7, 11) is 9.50. The van der Waals surface area contributed by atoms with Crippen molar-refractivity contribution >= 4 is 150 Å². The molecule has 8 bridgehead atoms. The lowest BCUT2D eigenvalue weighted by Gasteiger charge is -2.16. The molecule has 0 atom stereocenters. The van der Waals surface area contributed by atoms with Crippen molar-refractivity contribution in [2.24, 2.45) is 0 Å². The van der Waals surface area contributed by atoms with Gasteiger partial charge in [0.25, 0.3) is 0 Å². The normalized spacial score (nSPS) is 12.1. The molecule has 2 aromatic carbocycles. The van der Waals surface area contributed by atoms with Crippen LogP contribution < -0.4 is 49.8 Å². The van der Waals surface area contributed by atoms with Crippen molar-refractivity contribution < 1.29 is 28.4 Å². The number of hydrogen-bond acceptors (Lipinski definition) is 6. The van der Waals surface area contributed by atoms with Gasteiger partial charge in [0.1, 0.15) is 0 Å². The summed E-state index contributed by atoms with van der Waals surface area (Å²) >= 11 is 31.6. The molecule has 0 fully saturated rings. The van der Waals surface area contributed by atoms with Crippen LogP contribution in [0, 0.1) is 23.7 Å². The van der Waals surface area contributed by atoms with Gasteiger partial charge in [-0.1, -0.05) is 11.8 Å². The first-order valence-electron chi connectivity index (χ1n) is 18.0. The molecule has 18 heteroatoms. The van der Waals surface area contributed by atoms with Crippen LogP contribution >= 0.6 is 127 Å². The Hall–Kier alpha value is -3.20. The minimum atomic E-state index is 0.453. The second kappa shape index (κ2) is 19.1. The first-order valence-corrected chi connectivity index (χ1v) is 24.3. The van der Waals surface area contributed by atoms with E-state index in [9.17, 15) is 0 Å². The molecule has 62 heavy (non-hydrogen) atoms. The van der Waals surface area contributed by atoms with Gasteiger partial charge in [-0.25, -0.2) is 0 Å². The fraction of sp³-hybridized carbons (Fsp3) is 0.182. The standard InChI is InChI=1S/C44H32Br8N4O6/c1-9-11-19-35-27(45)31(49)39(53-35)25(17-13-21(57-3)43(61-7)22(14-17)58-4)41-33(51)29(47)37(55-41)20(12-10-2)38-30(48)34(52)42(56-38)26(40-32(50)28(46)36(19)54-40)18-15-23(59-5)44(62-8)24(16-18)60-6/h13-16,53-56H,1-8H3. The maximum absolute atomic E-state index is 5.87. The predicted octanol–water partition coefficient (Wildman–Crippen LogP) is 10.4. The van der Waals surface area contributed by atoms with Crippen LogP contribution in [0.4, 0.5) is 0 Å². The molecule has 0 unspecified atom stereocenters. The Morgan fingerprint density at radius 3 is 0.935 bits per heavy atom. The summed E-state index contributed by atoms with van der Waals surface area (Å²) in [6.45, 7) is 3.59. The van der Waals surface area contributed by atoms with Gasteiger partial charge >= 0.3 is 0 Å². The molecular formula is C44H32Br8N4O6. The van der Waals surface area contributed by atoms with E-state index in [1.807, 2.05) is 24.3 Å². The zero-order valence-electron chi connectivity index (χ0n) is 33.8. The van der Waals surface area contributed by atoms with Gasteiger partial charge in [-0.2, -0.15) is 0 Å². The molecule has 10 nitrogen and oxygen atoms in total. The average Bonchev–Trinajstić information content (AvgIpc) is 3.94. The molecule has 0 saturated carbocycles. The van der Waals surface area contributed by atoms with E-state index in [1.54, 1.807) is 56.5 Å². The number of fused-ring (bicyclic) bond motifs is 8. The van der Waals surface area contributed by atoms with Crippen molar-refractivity contribution in [2.75, 3.05) is 42.7 Å². The van der Waals surface area contributed by atoms with E-state index in [-0.39, 0.29) is 0 Å². The quantitative estimate of drug-likeness (QED) is 0.113. The van der Waals surface area contributed by atoms with E-state index < -0.39 is 0 Å². The summed E-state index contributed by atoms with van der Waals surface area (Å²) in [4.78, 5) is 15.0. The molecule has 1 aliphatic heterocycles. The topological polar surface area (TPSA) is 119 Å². The Morgan fingerprint density at radius 2 is 0.661 bits per heavy atom. The van der Waals surface area contributed by atoms with Crippen LogP contribution in [0.25, 0.3) is 22.3 Å². The number of ether oxygens (including phenoxy) is 6. The van der Waals surface area contributed by atoms with Crippen molar-refractivity contribution in [3.63, 3.8) is 0 Å². The predicted molar refractivity (Wildman–Crippen MR) is 271 cm³/mol. The summed E-state index contributed by atoms with van der Waals surface area (Å²) in [5.41, 5.74) is 7.01. The smallest absolute Gasteiger partial charge is 0.203 e. The molecular weight excluding hydrogens is 1320 g/mol. The first-order chi connectivity index (χ1) is 29.7. The lowest BCUT2D eigenvalue weighted by Crippen LogP contribution is -2.19. The average molecular weight is 1350 g/mol. The fourth-order valence-electron chi connectivity index (χ4n) is 7.22. The molecule has 1 aliphatic rings. The van der Waals surface area contributed by atoms with Gasteiger partial charge in [-0.05, 0) is 177 Å². The Bertz CT molecular complexity index is 2980. The molecule has 0 saturated heterocycles. The third-order valence-electron chi connectivity index (χ3n) is 9.93. The Kier molecular flexibility index (Phi) is 14.4. The molecule has 5 heterocycles. The van der Waals surface area contributed by atoms with Crippen LogP contribution in [0.3, 0.4) is 0 Å². The number of rotatable bonds is 8. The van der Waals surface area contributed by atoms with E-state index >= 15 is 0 Å². The summed E-state index contributed by atoms with van der Waals surface area (Å²) in [5, 5.41) is 2.77. The van der Waals surface area contributed by atoms with E-state index in [0.29, 0.717) is 89.8 Å². The Labute approximate surface area is 423 Å². The lowest BCUT2D eigenvalue weighted by atomic mass is 10.0. The number of aromatic amines is 4. The number of benzene rings is 2. The molecule has 320 valence electrons. The minimum Gasteiger partial charge on any atom is -0.493 e. The van der Waals surface area contributed by atoms with Gasteiger partial charge in [0.05, 0.1) is 134 Å². The highest BCUT2D eigenvalue weighted by molar-refractivity contribution is 9.14. The number of nitrogens with one attached hydrogen (secondary N) is 4. The van der Waals surface area contributed by atoms with Gasteiger partial charge in [0, 0.05) is 11.1 Å². The largest absolute Gasteiger partial charge is 0.493 e. The number of halogens is 8. The highest BCUT2D eigenvalue weighted by Crippen LogP contribution is 2.46. The fourth-order valence-corrected chi connectivity index (χ4v) is 11.2. The van der Waals surface area contributed by atoms with Gasteiger partial charge in [-0.15, -0.1) is 11.8 Å². The highest BCUT2D eigenvalue weighted by atomic mass is 79.9. The minimum absolute atomic E-state index is 0.453. The molecule has 7 rings (SSSR count). The van der Waals surface area contributed by atoms with Crippen LogP contribution in [0.2, 0.25) is 0 Å². The lowest BCUT2D eigenvalue weighted by molar-refractivity contribution is 0.324. The zero-order chi connectivity index (χ0) is 44.9. The molecule has 6 aromatic rings. The monoisotopic (exact) mass is 1340 g/mol. The molecule has 0 aliphatic carbocycles. The van der Waals surface area contributed by atoms with Crippen molar-refractivity contribution in [2.45, 2.75) is 13.8 Å². The molecule has 0 amide bonds. The number of H-pyrrole nitrogens is 4. The number of aromatic nitrogens is 4. The molecule has 0 radical (unpaired) electrons. The Balaban J connectivity index is 1.81.